The first-order valence-electron chi connectivity index (χ1n) is 8.80. The lowest BCUT2D eigenvalue weighted by Gasteiger charge is -2.11. The van der Waals surface area contributed by atoms with E-state index in [1.165, 1.54) is 11.8 Å². The van der Waals surface area contributed by atoms with Crippen LogP contribution in [0.15, 0.2) is 35.5 Å². The van der Waals surface area contributed by atoms with E-state index >= 15 is 0 Å². The van der Waals surface area contributed by atoms with Gasteiger partial charge in [0.1, 0.15) is 6.17 Å². The van der Waals surface area contributed by atoms with E-state index in [0.717, 1.165) is 0 Å². The first kappa shape index (κ1) is 18.4. The molecule has 3 heterocycles. The fourth-order valence-corrected chi connectivity index (χ4v) is 4.43. The number of anilines is 1. The number of rotatable bonds is 4. The second-order valence-corrected chi connectivity index (χ2v) is 8.05. The van der Waals surface area contributed by atoms with Crippen molar-refractivity contribution >= 4 is 51.5 Å². The van der Waals surface area contributed by atoms with E-state index < -0.39 is 17.9 Å². The average molecular weight is 434 g/mol. The molecule has 10 heteroatoms. The number of aromatic nitrogens is 4. The predicted molar refractivity (Wildman–Crippen MR) is 109 cm³/mol. The number of carbonyl (C=O) groups is 1. The number of nitrogens with one attached hydrogen (secondary N) is 2. The summed E-state index contributed by atoms with van der Waals surface area (Å²) in [5.41, 5.74) is 2.47. The van der Waals surface area contributed by atoms with Crippen molar-refractivity contribution in [3.05, 3.63) is 41.4 Å². The van der Waals surface area contributed by atoms with Crippen molar-refractivity contribution in [1.29, 1.82) is 0 Å². The number of amides is 1. The summed E-state index contributed by atoms with van der Waals surface area (Å²) in [6, 6.07) is 5.23. The van der Waals surface area contributed by atoms with Gasteiger partial charge in [-0.1, -0.05) is 11.6 Å². The fraction of sp³-hybridized carbons (Fsp3) is 0.211. The number of pyridine rings is 1. The third kappa shape index (κ3) is 2.96. The second kappa shape index (κ2) is 6.70. The molecule has 2 atom stereocenters. The molecule has 1 saturated carbocycles. The number of H-pyrrole nitrogens is 1. The average Bonchev–Trinajstić information content (AvgIpc) is 3.08. The van der Waals surface area contributed by atoms with E-state index in [4.69, 9.17) is 11.6 Å². The summed E-state index contributed by atoms with van der Waals surface area (Å²) in [7, 11) is 0. The molecule has 0 saturated heterocycles. The lowest BCUT2D eigenvalue weighted by molar-refractivity contribution is -0.117. The van der Waals surface area contributed by atoms with E-state index in [9.17, 15) is 13.6 Å². The van der Waals surface area contributed by atoms with Crippen molar-refractivity contribution in [2.45, 2.75) is 17.5 Å². The van der Waals surface area contributed by atoms with E-state index in [2.05, 4.69) is 20.6 Å². The van der Waals surface area contributed by atoms with Crippen molar-refractivity contribution in [2.24, 2.45) is 5.92 Å². The SMILES string of the molecule is CSc1c(F)c(Cl)c(-c2ccn3nc(NC(=O)C4CC4F)cc3c2)c2cn[nH]c12. The molecule has 0 aliphatic heterocycles. The van der Waals surface area contributed by atoms with Gasteiger partial charge in [-0.2, -0.15) is 10.2 Å². The number of nitrogens with zero attached hydrogens (tertiary/aromatic N) is 3. The molecule has 148 valence electrons. The molecule has 1 aliphatic rings. The Labute approximate surface area is 172 Å². The lowest BCUT2D eigenvalue weighted by Crippen LogP contribution is -2.15. The molecule has 0 spiro atoms. The molecular formula is C19H14ClF2N5OS. The zero-order valence-electron chi connectivity index (χ0n) is 15.0. The van der Waals surface area contributed by atoms with Gasteiger partial charge >= 0.3 is 0 Å². The number of aromatic amines is 1. The molecular weight excluding hydrogens is 420 g/mol. The molecule has 6 nitrogen and oxygen atoms in total. The Morgan fingerprint density at radius 2 is 2.24 bits per heavy atom. The number of benzene rings is 1. The molecule has 0 bridgehead atoms. The third-order valence-electron chi connectivity index (χ3n) is 5.00. The predicted octanol–water partition coefficient (Wildman–Crippen LogP) is 4.69. The largest absolute Gasteiger partial charge is 0.309 e. The van der Waals surface area contributed by atoms with Gasteiger partial charge in [0.15, 0.2) is 11.6 Å². The molecule has 2 N–H and O–H groups in total. The zero-order chi connectivity index (χ0) is 20.3. The van der Waals surface area contributed by atoms with Gasteiger partial charge in [-0.25, -0.2) is 13.3 Å². The maximum absolute atomic E-state index is 14.8. The van der Waals surface area contributed by atoms with Gasteiger partial charge in [-0.3, -0.25) is 9.89 Å². The highest BCUT2D eigenvalue weighted by molar-refractivity contribution is 7.98. The van der Waals surface area contributed by atoms with Gasteiger partial charge < -0.3 is 5.32 Å². The number of hydrogen-bond donors (Lipinski definition) is 2. The highest BCUT2D eigenvalue weighted by atomic mass is 35.5. The third-order valence-corrected chi connectivity index (χ3v) is 6.15. The first-order valence-corrected chi connectivity index (χ1v) is 10.4. The molecule has 1 amide bonds. The molecule has 29 heavy (non-hydrogen) atoms. The van der Waals surface area contributed by atoms with Crippen molar-refractivity contribution in [1.82, 2.24) is 19.8 Å². The molecule has 1 aromatic carbocycles. The standard InChI is InChI=1S/C19H14ClF2N5OS/c1-29-18-16(22)15(20)14(11-7-23-25-17(11)18)8-2-3-27-9(4-8)5-13(26-27)24-19(28)10-6-12(10)21/h2-5,7,10,12H,6H2,1H3,(H,23,25)(H,24,26,28). The van der Waals surface area contributed by atoms with E-state index in [1.807, 2.05) is 0 Å². The highest BCUT2D eigenvalue weighted by Crippen LogP contribution is 2.42. The summed E-state index contributed by atoms with van der Waals surface area (Å²) in [5, 5.41) is 14.5. The number of carbonyl (C=O) groups excluding carboxylic acids is 1. The van der Waals surface area contributed by atoms with Crippen LogP contribution in [0.3, 0.4) is 0 Å². The Kier molecular flexibility index (Phi) is 4.25. The normalized spacial score (nSPS) is 18.5. The van der Waals surface area contributed by atoms with Gasteiger partial charge in [0.2, 0.25) is 5.91 Å². The van der Waals surface area contributed by atoms with E-state index in [0.29, 0.717) is 38.3 Å². The highest BCUT2D eigenvalue weighted by Gasteiger charge is 2.43. The minimum absolute atomic E-state index is 0.0170. The van der Waals surface area contributed by atoms with Crippen LogP contribution in [0.5, 0.6) is 0 Å². The zero-order valence-corrected chi connectivity index (χ0v) is 16.6. The fourth-order valence-electron chi connectivity index (χ4n) is 3.43. The van der Waals surface area contributed by atoms with Gasteiger partial charge in [-0.05, 0) is 30.4 Å². The Bertz CT molecular complexity index is 1290. The quantitative estimate of drug-likeness (QED) is 0.458. The number of hydrogen-bond acceptors (Lipinski definition) is 4. The second-order valence-electron chi connectivity index (χ2n) is 6.86. The molecule has 5 rings (SSSR count). The summed E-state index contributed by atoms with van der Waals surface area (Å²) in [5.74, 6) is -1.15. The van der Waals surface area contributed by atoms with Crippen LogP contribution < -0.4 is 5.32 Å². The molecule has 2 unspecified atom stereocenters. The van der Waals surface area contributed by atoms with Crippen LogP contribution in [0.2, 0.25) is 5.02 Å². The monoisotopic (exact) mass is 433 g/mol. The van der Waals surface area contributed by atoms with Crippen LogP contribution in [-0.4, -0.2) is 38.1 Å². The number of thioether (sulfide) groups is 1. The Hall–Kier alpha value is -2.65. The Morgan fingerprint density at radius 3 is 2.97 bits per heavy atom. The van der Waals surface area contributed by atoms with Crippen molar-refractivity contribution in [3.63, 3.8) is 0 Å². The maximum Gasteiger partial charge on any atom is 0.231 e. The topological polar surface area (TPSA) is 75.1 Å². The minimum Gasteiger partial charge on any atom is -0.309 e. The molecule has 4 aromatic rings. The summed E-state index contributed by atoms with van der Waals surface area (Å²) < 4.78 is 29.5. The van der Waals surface area contributed by atoms with Crippen LogP contribution >= 0.6 is 23.4 Å². The van der Waals surface area contributed by atoms with Crippen LogP contribution in [0, 0.1) is 11.7 Å². The number of fused-ring (bicyclic) bond motifs is 2. The Morgan fingerprint density at radius 1 is 1.45 bits per heavy atom. The first-order chi connectivity index (χ1) is 14.0. The van der Waals surface area contributed by atoms with Crippen LogP contribution in [-0.2, 0) is 4.79 Å². The summed E-state index contributed by atoms with van der Waals surface area (Å²) in [4.78, 5) is 12.3. The summed E-state index contributed by atoms with van der Waals surface area (Å²) >= 11 is 7.64. The van der Waals surface area contributed by atoms with Crippen LogP contribution in [0.1, 0.15) is 6.42 Å². The minimum atomic E-state index is -1.07. The van der Waals surface area contributed by atoms with Crippen LogP contribution in [0.4, 0.5) is 14.6 Å². The number of halogens is 3. The molecule has 1 aliphatic carbocycles. The van der Waals surface area contributed by atoms with Crippen LogP contribution in [0.25, 0.3) is 27.5 Å². The van der Waals surface area contributed by atoms with Crippen molar-refractivity contribution < 1.29 is 13.6 Å². The smallest absolute Gasteiger partial charge is 0.231 e. The number of alkyl halides is 1. The van der Waals surface area contributed by atoms with Gasteiger partial charge in [-0.15, -0.1) is 11.8 Å². The summed E-state index contributed by atoms with van der Waals surface area (Å²) in [6.07, 6.45) is 4.26. The van der Waals surface area contributed by atoms with Crippen molar-refractivity contribution in [2.75, 3.05) is 11.6 Å². The lowest BCUT2D eigenvalue weighted by atomic mass is 10.0. The van der Waals surface area contributed by atoms with Gasteiger partial charge in [0.05, 0.1) is 33.1 Å². The van der Waals surface area contributed by atoms with Gasteiger partial charge in [0, 0.05) is 23.2 Å². The maximum atomic E-state index is 14.8. The van der Waals surface area contributed by atoms with Gasteiger partial charge in [0.25, 0.3) is 0 Å². The summed E-state index contributed by atoms with van der Waals surface area (Å²) in [6.45, 7) is 0. The molecule has 3 aromatic heterocycles. The Balaban J connectivity index is 1.58. The molecule has 0 radical (unpaired) electrons. The van der Waals surface area contributed by atoms with E-state index in [-0.39, 0.29) is 17.4 Å². The molecule has 1 fully saturated rings. The van der Waals surface area contributed by atoms with E-state index in [1.54, 1.807) is 41.4 Å². The van der Waals surface area contributed by atoms with Crippen molar-refractivity contribution in [3.8, 4) is 11.1 Å².